The Balaban J connectivity index is 1.60. The number of piperidine rings is 1. The first-order chi connectivity index (χ1) is 11.1. The zero-order valence-corrected chi connectivity index (χ0v) is 13.8. The van der Waals surface area contributed by atoms with Crippen molar-refractivity contribution in [3.05, 3.63) is 64.7 Å². The Morgan fingerprint density at radius 3 is 2.52 bits per heavy atom. The first-order valence-electron chi connectivity index (χ1n) is 8.01. The maximum atomic E-state index is 12.6. The number of benzene rings is 2. The fraction of sp³-hybridized carbons (Fsp3) is 0.316. The maximum absolute atomic E-state index is 12.6. The van der Waals surface area contributed by atoms with E-state index in [0.29, 0.717) is 22.2 Å². The van der Waals surface area contributed by atoms with Gasteiger partial charge in [-0.15, -0.1) is 0 Å². The van der Waals surface area contributed by atoms with Crippen molar-refractivity contribution in [2.75, 3.05) is 18.8 Å². The molecule has 3 rings (SSSR count). The van der Waals surface area contributed by atoms with E-state index in [1.165, 1.54) is 5.56 Å². The van der Waals surface area contributed by atoms with Crippen LogP contribution in [0, 0.1) is 5.92 Å². The van der Waals surface area contributed by atoms with E-state index in [4.69, 9.17) is 17.3 Å². The van der Waals surface area contributed by atoms with Crippen LogP contribution >= 0.6 is 11.6 Å². The van der Waals surface area contributed by atoms with Crippen molar-refractivity contribution in [3.63, 3.8) is 0 Å². The lowest BCUT2D eigenvalue weighted by molar-refractivity contribution is 0.0691. The molecule has 0 aromatic heterocycles. The first-order valence-corrected chi connectivity index (χ1v) is 8.39. The SMILES string of the molecule is Nc1ccc(Cl)c(C(=O)N2CCC(Cc3ccccc3)CC2)c1. The number of nitrogens with zero attached hydrogens (tertiary/aromatic N) is 1. The molecule has 23 heavy (non-hydrogen) atoms. The van der Waals surface area contributed by atoms with E-state index in [1.54, 1.807) is 18.2 Å². The lowest BCUT2D eigenvalue weighted by atomic mass is 9.90. The Labute approximate surface area is 142 Å². The average Bonchev–Trinajstić information content (AvgIpc) is 2.58. The van der Waals surface area contributed by atoms with E-state index in [1.807, 2.05) is 11.0 Å². The summed E-state index contributed by atoms with van der Waals surface area (Å²) in [7, 11) is 0. The molecule has 3 nitrogen and oxygen atoms in total. The van der Waals surface area contributed by atoms with E-state index in [0.717, 1.165) is 32.4 Å². The van der Waals surface area contributed by atoms with Crippen LogP contribution in [0.5, 0.6) is 0 Å². The van der Waals surface area contributed by atoms with Gasteiger partial charge in [0.2, 0.25) is 0 Å². The third-order valence-corrected chi connectivity index (χ3v) is 4.82. The van der Waals surface area contributed by atoms with Crippen LogP contribution in [0.1, 0.15) is 28.8 Å². The van der Waals surface area contributed by atoms with Gasteiger partial charge in [0, 0.05) is 18.8 Å². The number of halogens is 1. The third kappa shape index (κ3) is 3.85. The van der Waals surface area contributed by atoms with Gasteiger partial charge >= 0.3 is 0 Å². The second-order valence-corrected chi connectivity index (χ2v) is 6.57. The minimum absolute atomic E-state index is 0.0135. The molecule has 0 bridgehead atoms. The molecule has 1 aliphatic heterocycles. The summed E-state index contributed by atoms with van der Waals surface area (Å²) in [6.07, 6.45) is 3.14. The van der Waals surface area contributed by atoms with E-state index >= 15 is 0 Å². The molecule has 0 radical (unpaired) electrons. The van der Waals surface area contributed by atoms with E-state index in [9.17, 15) is 4.79 Å². The molecule has 0 aliphatic carbocycles. The molecule has 1 saturated heterocycles. The maximum Gasteiger partial charge on any atom is 0.255 e. The van der Waals surface area contributed by atoms with Gasteiger partial charge in [0.05, 0.1) is 10.6 Å². The molecule has 4 heteroatoms. The minimum atomic E-state index is -0.0135. The fourth-order valence-electron chi connectivity index (χ4n) is 3.16. The van der Waals surface area contributed by atoms with E-state index in [2.05, 4.69) is 24.3 Å². The predicted octanol–water partition coefficient (Wildman–Crippen LogP) is 4.02. The van der Waals surface area contributed by atoms with Crippen molar-refractivity contribution < 1.29 is 4.79 Å². The molecular weight excluding hydrogens is 308 g/mol. The van der Waals surface area contributed by atoms with Gasteiger partial charge in [-0.05, 0) is 48.9 Å². The average molecular weight is 329 g/mol. The summed E-state index contributed by atoms with van der Waals surface area (Å²) in [5.74, 6) is 0.623. The second-order valence-electron chi connectivity index (χ2n) is 6.16. The quantitative estimate of drug-likeness (QED) is 0.865. The number of rotatable bonds is 3. The summed E-state index contributed by atoms with van der Waals surface area (Å²) >= 11 is 6.14. The third-order valence-electron chi connectivity index (χ3n) is 4.49. The van der Waals surface area contributed by atoms with Gasteiger partial charge in [0.1, 0.15) is 0 Å². The van der Waals surface area contributed by atoms with Crippen molar-refractivity contribution in [2.45, 2.75) is 19.3 Å². The molecule has 2 N–H and O–H groups in total. The normalized spacial score (nSPS) is 15.6. The molecule has 0 atom stereocenters. The Morgan fingerprint density at radius 1 is 1.13 bits per heavy atom. The number of nitrogens with two attached hydrogens (primary N) is 1. The van der Waals surface area contributed by atoms with Crippen molar-refractivity contribution in [1.29, 1.82) is 0 Å². The largest absolute Gasteiger partial charge is 0.399 e. The highest BCUT2D eigenvalue weighted by molar-refractivity contribution is 6.34. The van der Waals surface area contributed by atoms with Crippen LogP contribution in [0.25, 0.3) is 0 Å². The van der Waals surface area contributed by atoms with Gasteiger partial charge in [-0.1, -0.05) is 41.9 Å². The van der Waals surface area contributed by atoms with Gasteiger partial charge in [0.15, 0.2) is 0 Å². The summed E-state index contributed by atoms with van der Waals surface area (Å²) in [6.45, 7) is 1.56. The number of anilines is 1. The number of amides is 1. The van der Waals surface area contributed by atoms with Gasteiger partial charge < -0.3 is 10.6 Å². The number of likely N-dealkylation sites (tertiary alicyclic amines) is 1. The first kappa shape index (κ1) is 15.9. The van der Waals surface area contributed by atoms with Crippen LogP contribution in [0.2, 0.25) is 5.02 Å². The second kappa shape index (κ2) is 7.05. The highest BCUT2D eigenvalue weighted by Crippen LogP contribution is 2.25. The van der Waals surface area contributed by atoms with E-state index in [-0.39, 0.29) is 5.91 Å². The molecule has 120 valence electrons. The van der Waals surface area contributed by atoms with Gasteiger partial charge in [0.25, 0.3) is 5.91 Å². The minimum Gasteiger partial charge on any atom is -0.399 e. The Bertz CT molecular complexity index is 679. The number of carbonyl (C=O) groups excluding carboxylic acids is 1. The fourth-order valence-corrected chi connectivity index (χ4v) is 3.36. The van der Waals surface area contributed by atoms with E-state index < -0.39 is 0 Å². The Morgan fingerprint density at radius 2 is 1.83 bits per heavy atom. The predicted molar refractivity (Wildman–Crippen MR) is 94.6 cm³/mol. The summed E-state index contributed by atoms with van der Waals surface area (Å²) < 4.78 is 0. The number of hydrogen-bond donors (Lipinski definition) is 1. The monoisotopic (exact) mass is 328 g/mol. The molecule has 2 aromatic rings. The van der Waals surface area contributed by atoms with Crippen molar-refractivity contribution in [3.8, 4) is 0 Å². The standard InChI is InChI=1S/C19H21ClN2O/c20-18-7-6-16(21)13-17(18)19(23)22-10-8-15(9-11-22)12-14-4-2-1-3-5-14/h1-7,13,15H,8-12,21H2. The Hall–Kier alpha value is -2.00. The van der Waals surface area contributed by atoms with Gasteiger partial charge in [-0.25, -0.2) is 0 Å². The van der Waals surface area contributed by atoms with Crippen LogP contribution in [-0.2, 0) is 6.42 Å². The summed E-state index contributed by atoms with van der Waals surface area (Å²) in [5.41, 5.74) is 8.22. The van der Waals surface area contributed by atoms with Crippen LogP contribution in [0.15, 0.2) is 48.5 Å². The molecule has 1 amide bonds. The summed E-state index contributed by atoms with van der Waals surface area (Å²) in [5, 5.41) is 0.468. The highest BCUT2D eigenvalue weighted by atomic mass is 35.5. The van der Waals surface area contributed by atoms with Gasteiger partial charge in [-0.3, -0.25) is 4.79 Å². The zero-order valence-electron chi connectivity index (χ0n) is 13.0. The summed E-state index contributed by atoms with van der Waals surface area (Å²) in [6, 6.07) is 15.6. The smallest absolute Gasteiger partial charge is 0.255 e. The van der Waals surface area contributed by atoms with Gasteiger partial charge in [-0.2, -0.15) is 0 Å². The number of nitrogen functional groups attached to an aromatic ring is 1. The molecule has 1 aliphatic rings. The van der Waals surface area contributed by atoms with Crippen molar-refractivity contribution >= 4 is 23.2 Å². The molecule has 0 spiro atoms. The molecular formula is C19H21ClN2O. The van der Waals surface area contributed by atoms with Crippen molar-refractivity contribution in [1.82, 2.24) is 4.90 Å². The van der Waals surface area contributed by atoms with Crippen LogP contribution in [0.3, 0.4) is 0 Å². The van der Waals surface area contributed by atoms with Crippen molar-refractivity contribution in [2.24, 2.45) is 5.92 Å². The molecule has 1 heterocycles. The Kier molecular flexibility index (Phi) is 4.87. The highest BCUT2D eigenvalue weighted by Gasteiger charge is 2.25. The molecule has 0 saturated carbocycles. The molecule has 2 aromatic carbocycles. The number of hydrogen-bond acceptors (Lipinski definition) is 2. The topological polar surface area (TPSA) is 46.3 Å². The lowest BCUT2D eigenvalue weighted by Gasteiger charge is -2.32. The van der Waals surface area contributed by atoms with Crippen LogP contribution in [0.4, 0.5) is 5.69 Å². The number of carbonyl (C=O) groups is 1. The van der Waals surface area contributed by atoms with Crippen LogP contribution < -0.4 is 5.73 Å². The lowest BCUT2D eigenvalue weighted by Crippen LogP contribution is -2.39. The molecule has 1 fully saturated rings. The zero-order chi connectivity index (χ0) is 16.2. The summed E-state index contributed by atoms with van der Waals surface area (Å²) in [4.78, 5) is 14.5. The molecule has 0 unspecified atom stereocenters. The van der Waals surface area contributed by atoms with Crippen LogP contribution in [-0.4, -0.2) is 23.9 Å².